The van der Waals surface area contributed by atoms with Crippen molar-refractivity contribution < 1.29 is 4.74 Å². The first-order valence-corrected chi connectivity index (χ1v) is 6.14. The fourth-order valence-corrected chi connectivity index (χ4v) is 3.63. The SMILES string of the molecule is CC1(C)CNC(C)(C2CCCS2)O1. The van der Waals surface area contributed by atoms with Crippen LogP contribution in [0.5, 0.6) is 0 Å². The first kappa shape index (κ1) is 9.81. The fraction of sp³-hybridized carbons (Fsp3) is 1.00. The molecule has 2 heterocycles. The molecule has 13 heavy (non-hydrogen) atoms. The first-order chi connectivity index (χ1) is 6.02. The summed E-state index contributed by atoms with van der Waals surface area (Å²) in [5, 5.41) is 4.17. The van der Waals surface area contributed by atoms with Crippen molar-refractivity contribution in [3.63, 3.8) is 0 Å². The summed E-state index contributed by atoms with van der Waals surface area (Å²) in [4.78, 5) is 0. The topological polar surface area (TPSA) is 21.3 Å². The Kier molecular flexibility index (Phi) is 2.37. The maximum absolute atomic E-state index is 6.09. The summed E-state index contributed by atoms with van der Waals surface area (Å²) in [5.41, 5.74) is -0.0669. The van der Waals surface area contributed by atoms with Crippen molar-refractivity contribution in [3.8, 4) is 0 Å². The third-order valence-electron chi connectivity index (χ3n) is 2.90. The van der Waals surface area contributed by atoms with Gasteiger partial charge in [-0.15, -0.1) is 0 Å². The molecule has 0 spiro atoms. The van der Waals surface area contributed by atoms with E-state index in [2.05, 4.69) is 37.8 Å². The van der Waals surface area contributed by atoms with Crippen LogP contribution in [0.3, 0.4) is 0 Å². The molecule has 2 atom stereocenters. The minimum atomic E-state index is -0.0787. The summed E-state index contributed by atoms with van der Waals surface area (Å²) in [5.74, 6) is 1.30. The Balaban J connectivity index is 2.05. The maximum Gasteiger partial charge on any atom is 0.129 e. The van der Waals surface area contributed by atoms with Gasteiger partial charge in [-0.3, -0.25) is 5.32 Å². The van der Waals surface area contributed by atoms with Crippen molar-refractivity contribution in [1.82, 2.24) is 5.32 Å². The predicted molar refractivity (Wildman–Crippen MR) is 57.1 cm³/mol. The highest BCUT2D eigenvalue weighted by molar-refractivity contribution is 8.00. The van der Waals surface area contributed by atoms with E-state index < -0.39 is 0 Å². The molecule has 2 aliphatic rings. The molecule has 0 amide bonds. The number of ether oxygens (including phenoxy) is 1. The van der Waals surface area contributed by atoms with E-state index in [0.29, 0.717) is 5.25 Å². The molecule has 0 radical (unpaired) electrons. The molecule has 2 fully saturated rings. The molecule has 2 nitrogen and oxygen atoms in total. The lowest BCUT2D eigenvalue weighted by molar-refractivity contribution is -0.0797. The molecule has 76 valence electrons. The monoisotopic (exact) mass is 201 g/mol. The molecule has 1 N–H and O–H groups in total. The molecule has 0 aromatic carbocycles. The second-order valence-corrected chi connectivity index (χ2v) is 6.13. The standard InChI is InChI=1S/C10H19NOS/c1-9(2)7-11-10(3,12-9)8-5-4-6-13-8/h8,11H,4-7H2,1-3H3. The lowest BCUT2D eigenvalue weighted by Gasteiger charge is -2.32. The normalized spacial score (nSPS) is 44.1. The molecule has 0 aromatic rings. The third kappa shape index (κ3) is 1.88. The van der Waals surface area contributed by atoms with Crippen LogP contribution in [0.2, 0.25) is 0 Å². The van der Waals surface area contributed by atoms with Gasteiger partial charge in [-0.25, -0.2) is 0 Å². The molecule has 2 rings (SSSR count). The van der Waals surface area contributed by atoms with Crippen LogP contribution in [0.1, 0.15) is 33.6 Å². The van der Waals surface area contributed by atoms with Crippen LogP contribution in [0.15, 0.2) is 0 Å². The first-order valence-electron chi connectivity index (χ1n) is 5.09. The average molecular weight is 201 g/mol. The third-order valence-corrected chi connectivity index (χ3v) is 4.51. The van der Waals surface area contributed by atoms with E-state index in [-0.39, 0.29) is 11.3 Å². The van der Waals surface area contributed by atoms with E-state index in [4.69, 9.17) is 4.74 Å². The Labute approximate surface area is 84.8 Å². The Bertz CT molecular complexity index is 201. The van der Waals surface area contributed by atoms with Gasteiger partial charge in [0.05, 0.1) is 5.60 Å². The Morgan fingerprint density at radius 2 is 2.15 bits per heavy atom. The van der Waals surface area contributed by atoms with Gasteiger partial charge in [0, 0.05) is 11.8 Å². The summed E-state index contributed by atoms with van der Waals surface area (Å²) in [6, 6.07) is 0. The lowest BCUT2D eigenvalue weighted by atomic mass is 10.1. The molecule has 2 unspecified atom stereocenters. The van der Waals surface area contributed by atoms with Crippen molar-refractivity contribution in [2.45, 2.75) is 50.2 Å². The maximum atomic E-state index is 6.09. The molecule has 2 saturated heterocycles. The second kappa shape index (κ2) is 3.14. The number of hydrogen-bond donors (Lipinski definition) is 1. The average Bonchev–Trinajstić information content (AvgIpc) is 2.58. The van der Waals surface area contributed by atoms with Crippen molar-refractivity contribution in [2.75, 3.05) is 12.3 Å². The number of nitrogens with one attached hydrogen (secondary N) is 1. The van der Waals surface area contributed by atoms with Gasteiger partial charge in [0.2, 0.25) is 0 Å². The van der Waals surface area contributed by atoms with Crippen LogP contribution in [-0.4, -0.2) is 28.9 Å². The smallest absolute Gasteiger partial charge is 0.129 e. The van der Waals surface area contributed by atoms with Gasteiger partial charge in [-0.1, -0.05) is 0 Å². The van der Waals surface area contributed by atoms with Gasteiger partial charge >= 0.3 is 0 Å². The zero-order valence-corrected chi connectivity index (χ0v) is 9.54. The zero-order valence-electron chi connectivity index (χ0n) is 8.72. The van der Waals surface area contributed by atoms with Crippen LogP contribution < -0.4 is 5.32 Å². The van der Waals surface area contributed by atoms with Gasteiger partial charge < -0.3 is 4.74 Å². The largest absolute Gasteiger partial charge is 0.353 e. The summed E-state index contributed by atoms with van der Waals surface area (Å²) < 4.78 is 6.09. The summed E-state index contributed by atoms with van der Waals surface area (Å²) >= 11 is 2.05. The van der Waals surface area contributed by atoms with Crippen LogP contribution in [0.25, 0.3) is 0 Å². The highest BCUT2D eigenvalue weighted by Crippen LogP contribution is 2.39. The molecule has 0 saturated carbocycles. The predicted octanol–water partition coefficient (Wildman–Crippen LogP) is 2.00. The molecular weight excluding hydrogens is 182 g/mol. The van der Waals surface area contributed by atoms with Crippen LogP contribution in [0.4, 0.5) is 0 Å². The van der Waals surface area contributed by atoms with Gasteiger partial charge in [-0.05, 0) is 39.4 Å². The highest BCUT2D eigenvalue weighted by atomic mass is 32.2. The van der Waals surface area contributed by atoms with Gasteiger partial charge in [0.25, 0.3) is 0 Å². The summed E-state index contributed by atoms with van der Waals surface area (Å²) in [6.07, 6.45) is 2.64. The van der Waals surface area contributed by atoms with Crippen LogP contribution in [0, 0.1) is 0 Å². The van der Waals surface area contributed by atoms with Crippen LogP contribution in [-0.2, 0) is 4.74 Å². The number of thioether (sulfide) groups is 1. The lowest BCUT2D eigenvalue weighted by Crippen LogP contribution is -2.46. The van der Waals surface area contributed by atoms with E-state index >= 15 is 0 Å². The number of rotatable bonds is 1. The highest BCUT2D eigenvalue weighted by Gasteiger charge is 2.46. The molecule has 0 bridgehead atoms. The fourth-order valence-electron chi connectivity index (χ4n) is 2.23. The Morgan fingerprint density at radius 1 is 1.38 bits per heavy atom. The molecule has 0 aliphatic carbocycles. The van der Waals surface area contributed by atoms with Crippen molar-refractivity contribution in [2.24, 2.45) is 0 Å². The van der Waals surface area contributed by atoms with Crippen LogP contribution >= 0.6 is 11.8 Å². The van der Waals surface area contributed by atoms with E-state index in [0.717, 1.165) is 6.54 Å². The van der Waals surface area contributed by atoms with Gasteiger partial charge in [0.1, 0.15) is 5.72 Å². The number of hydrogen-bond acceptors (Lipinski definition) is 3. The second-order valence-electron chi connectivity index (χ2n) is 4.82. The van der Waals surface area contributed by atoms with Crippen molar-refractivity contribution >= 4 is 11.8 Å². The van der Waals surface area contributed by atoms with Crippen molar-refractivity contribution in [3.05, 3.63) is 0 Å². The molecule has 0 aromatic heterocycles. The zero-order chi connectivity index (χ0) is 9.53. The van der Waals surface area contributed by atoms with E-state index in [1.165, 1.54) is 18.6 Å². The van der Waals surface area contributed by atoms with E-state index in [1.807, 2.05) is 0 Å². The van der Waals surface area contributed by atoms with E-state index in [9.17, 15) is 0 Å². The van der Waals surface area contributed by atoms with E-state index in [1.54, 1.807) is 0 Å². The van der Waals surface area contributed by atoms with Crippen molar-refractivity contribution in [1.29, 1.82) is 0 Å². The minimum absolute atomic E-state index is 0.0118. The van der Waals surface area contributed by atoms with Gasteiger partial charge in [-0.2, -0.15) is 11.8 Å². The summed E-state index contributed by atoms with van der Waals surface area (Å²) in [7, 11) is 0. The molecular formula is C10H19NOS. The Hall–Kier alpha value is 0.270. The minimum Gasteiger partial charge on any atom is -0.353 e. The summed E-state index contributed by atoms with van der Waals surface area (Å²) in [6.45, 7) is 7.49. The molecule has 3 heteroatoms. The molecule has 2 aliphatic heterocycles. The van der Waals surface area contributed by atoms with Gasteiger partial charge in [0.15, 0.2) is 0 Å². The Morgan fingerprint density at radius 3 is 2.62 bits per heavy atom. The quantitative estimate of drug-likeness (QED) is 0.701.